The fourth-order valence-electron chi connectivity index (χ4n) is 0.855. The number of rotatable bonds is 4. The van der Waals surface area contributed by atoms with E-state index in [0.29, 0.717) is 0 Å². The molecule has 1 aromatic heterocycles. The van der Waals surface area contributed by atoms with Crippen LogP contribution in [0, 0.1) is 6.92 Å². The predicted molar refractivity (Wildman–Crippen MR) is 44.0 cm³/mol. The molecule has 0 amide bonds. The molecule has 0 fully saturated rings. The van der Waals surface area contributed by atoms with Crippen molar-refractivity contribution in [1.82, 2.24) is 15.0 Å². The molecule has 0 saturated carbocycles. The van der Waals surface area contributed by atoms with Crippen molar-refractivity contribution in [3.05, 3.63) is 18.8 Å². The first-order chi connectivity index (χ1) is 5.36. The minimum absolute atomic E-state index is 0.728. The molecule has 0 spiro atoms. The third kappa shape index (κ3) is 2.33. The Hall–Kier alpha value is -0.860. The lowest BCUT2D eigenvalue weighted by atomic mass is 10.3. The first-order valence-electron chi connectivity index (χ1n) is 4.05. The van der Waals surface area contributed by atoms with Gasteiger partial charge in [-0.2, -0.15) is 15.0 Å². The van der Waals surface area contributed by atoms with Gasteiger partial charge in [-0.05, 0) is 19.8 Å². The second-order valence-corrected chi connectivity index (χ2v) is 2.54. The molecular formula is C8H14N3. The van der Waals surface area contributed by atoms with Crippen molar-refractivity contribution in [2.45, 2.75) is 32.7 Å². The van der Waals surface area contributed by atoms with Crippen LogP contribution < -0.4 is 0 Å². The maximum atomic E-state index is 4.21. The average Bonchev–Trinajstić information content (AvgIpc) is 2.48. The smallest absolute Gasteiger partial charge is 0.0827 e. The van der Waals surface area contributed by atoms with Gasteiger partial charge in [-0.3, -0.25) is 0 Å². The predicted octanol–water partition coefficient (Wildman–Crippen LogP) is 1.45. The van der Waals surface area contributed by atoms with Crippen LogP contribution in [-0.2, 0) is 13.0 Å². The lowest BCUT2D eigenvalue weighted by molar-refractivity contribution is 0.505. The first-order valence-corrected chi connectivity index (χ1v) is 4.05. The molecular weight excluding hydrogens is 138 g/mol. The highest BCUT2D eigenvalue weighted by molar-refractivity contribution is 4.91. The zero-order valence-electron chi connectivity index (χ0n) is 6.95. The Morgan fingerprint density at radius 1 is 1.64 bits per heavy atom. The molecule has 0 aliphatic heterocycles. The van der Waals surface area contributed by atoms with Gasteiger partial charge < -0.3 is 0 Å². The number of aryl methyl sites for hydroxylation is 1. The highest BCUT2D eigenvalue weighted by atomic mass is 15.5. The molecule has 0 N–H and O–H groups in total. The van der Waals surface area contributed by atoms with Gasteiger partial charge >= 0.3 is 0 Å². The van der Waals surface area contributed by atoms with Gasteiger partial charge in [0.1, 0.15) is 0 Å². The molecule has 0 bridgehead atoms. The van der Waals surface area contributed by atoms with E-state index in [1.807, 2.05) is 0 Å². The highest BCUT2D eigenvalue weighted by Gasteiger charge is 1.95. The molecule has 0 aliphatic rings. The summed E-state index contributed by atoms with van der Waals surface area (Å²) >= 11 is 0. The van der Waals surface area contributed by atoms with Gasteiger partial charge in [-0.1, -0.05) is 13.3 Å². The number of nitrogens with zero attached hydrogens (tertiary/aromatic N) is 3. The van der Waals surface area contributed by atoms with E-state index in [1.165, 1.54) is 6.42 Å². The zero-order valence-corrected chi connectivity index (χ0v) is 6.95. The standard InChI is InChI=1S/C8H14N3/c1-3-5-6-11-9-7-8(4-2)10-11/h7H,2-6H2,1H3. The second kappa shape index (κ2) is 4.11. The van der Waals surface area contributed by atoms with E-state index in [-0.39, 0.29) is 0 Å². The number of unbranched alkanes of at least 4 members (excludes halogenated alkanes) is 1. The molecule has 1 rings (SSSR count). The van der Waals surface area contributed by atoms with Crippen LogP contribution in [0.5, 0.6) is 0 Å². The largest absolute Gasteiger partial charge is 0.185 e. The SMILES string of the molecule is [CH2]Cc1cnn(CCCC)n1. The first kappa shape index (κ1) is 8.24. The number of hydrogen-bond donors (Lipinski definition) is 0. The van der Waals surface area contributed by atoms with E-state index in [4.69, 9.17) is 0 Å². The Balaban J connectivity index is 2.44. The fraction of sp³-hybridized carbons (Fsp3) is 0.625. The molecule has 0 aliphatic carbocycles. The Kier molecular flexibility index (Phi) is 3.08. The topological polar surface area (TPSA) is 30.7 Å². The van der Waals surface area contributed by atoms with Gasteiger partial charge in [0.05, 0.1) is 18.4 Å². The van der Waals surface area contributed by atoms with Crippen LogP contribution in [0.15, 0.2) is 6.20 Å². The summed E-state index contributed by atoms with van der Waals surface area (Å²) in [6.07, 6.45) is 4.83. The molecule has 1 radical (unpaired) electrons. The lowest BCUT2D eigenvalue weighted by Gasteiger charge is -1.94. The molecule has 3 nitrogen and oxygen atoms in total. The Bertz CT molecular complexity index is 205. The van der Waals surface area contributed by atoms with Gasteiger partial charge in [-0.25, -0.2) is 0 Å². The number of hydrogen-bond acceptors (Lipinski definition) is 2. The summed E-state index contributed by atoms with van der Waals surface area (Å²) in [6, 6.07) is 0. The van der Waals surface area contributed by atoms with Crippen LogP contribution in [0.3, 0.4) is 0 Å². The van der Waals surface area contributed by atoms with Crippen LogP contribution in [0.4, 0.5) is 0 Å². The van der Waals surface area contributed by atoms with E-state index >= 15 is 0 Å². The van der Waals surface area contributed by atoms with Crippen molar-refractivity contribution >= 4 is 0 Å². The Labute approximate surface area is 67.4 Å². The van der Waals surface area contributed by atoms with E-state index in [0.717, 1.165) is 25.1 Å². The van der Waals surface area contributed by atoms with Gasteiger partial charge in [-0.15, -0.1) is 0 Å². The van der Waals surface area contributed by atoms with Crippen molar-refractivity contribution < 1.29 is 0 Å². The summed E-state index contributed by atoms with van der Waals surface area (Å²) in [7, 11) is 0. The summed E-state index contributed by atoms with van der Waals surface area (Å²) < 4.78 is 0. The van der Waals surface area contributed by atoms with Gasteiger partial charge in [0.2, 0.25) is 0 Å². The van der Waals surface area contributed by atoms with Crippen molar-refractivity contribution in [2.75, 3.05) is 0 Å². The quantitative estimate of drug-likeness (QED) is 0.653. The summed E-state index contributed by atoms with van der Waals surface area (Å²) in [5, 5.41) is 8.30. The van der Waals surface area contributed by atoms with E-state index < -0.39 is 0 Å². The Morgan fingerprint density at radius 3 is 3.00 bits per heavy atom. The van der Waals surface area contributed by atoms with E-state index in [9.17, 15) is 0 Å². The molecule has 61 valence electrons. The van der Waals surface area contributed by atoms with Crippen LogP contribution in [-0.4, -0.2) is 15.0 Å². The van der Waals surface area contributed by atoms with E-state index in [2.05, 4.69) is 24.0 Å². The van der Waals surface area contributed by atoms with Gasteiger partial charge in [0, 0.05) is 0 Å². The van der Waals surface area contributed by atoms with Crippen LogP contribution in [0.1, 0.15) is 25.5 Å². The van der Waals surface area contributed by atoms with Crippen molar-refractivity contribution in [3.8, 4) is 0 Å². The maximum Gasteiger partial charge on any atom is 0.0827 e. The van der Waals surface area contributed by atoms with Gasteiger partial charge in [0.25, 0.3) is 0 Å². The number of aromatic nitrogens is 3. The zero-order chi connectivity index (χ0) is 8.10. The normalized spacial score (nSPS) is 10.4. The second-order valence-electron chi connectivity index (χ2n) is 2.54. The molecule has 0 saturated heterocycles. The fourth-order valence-corrected chi connectivity index (χ4v) is 0.855. The molecule has 11 heavy (non-hydrogen) atoms. The summed E-state index contributed by atoms with van der Waals surface area (Å²) in [5.41, 5.74) is 0.973. The van der Waals surface area contributed by atoms with Crippen molar-refractivity contribution in [2.24, 2.45) is 0 Å². The van der Waals surface area contributed by atoms with Crippen LogP contribution >= 0.6 is 0 Å². The van der Waals surface area contributed by atoms with Crippen LogP contribution in [0.2, 0.25) is 0 Å². The molecule has 1 heterocycles. The molecule has 3 heteroatoms. The average molecular weight is 152 g/mol. The monoisotopic (exact) mass is 152 g/mol. The highest BCUT2D eigenvalue weighted by Crippen LogP contribution is 1.94. The molecule has 0 atom stereocenters. The minimum Gasteiger partial charge on any atom is -0.185 e. The van der Waals surface area contributed by atoms with Crippen LogP contribution in [0.25, 0.3) is 0 Å². The minimum atomic E-state index is 0.728. The van der Waals surface area contributed by atoms with Crippen molar-refractivity contribution in [1.29, 1.82) is 0 Å². The van der Waals surface area contributed by atoms with Crippen molar-refractivity contribution in [3.63, 3.8) is 0 Å². The third-order valence-corrected chi connectivity index (χ3v) is 1.55. The molecule has 1 aromatic rings. The van der Waals surface area contributed by atoms with Gasteiger partial charge in [0.15, 0.2) is 0 Å². The third-order valence-electron chi connectivity index (χ3n) is 1.55. The van der Waals surface area contributed by atoms with E-state index in [1.54, 1.807) is 11.0 Å². The summed E-state index contributed by atoms with van der Waals surface area (Å²) in [6.45, 7) is 6.82. The maximum absolute atomic E-state index is 4.21. The molecule has 0 aromatic carbocycles. The molecule has 0 unspecified atom stereocenters. The summed E-state index contributed by atoms with van der Waals surface area (Å²) in [5.74, 6) is 0. The summed E-state index contributed by atoms with van der Waals surface area (Å²) in [4.78, 5) is 1.74. The Morgan fingerprint density at radius 2 is 2.45 bits per heavy atom. The lowest BCUT2D eigenvalue weighted by Crippen LogP contribution is -2.02.